The molecule has 2 aromatic rings. The summed E-state index contributed by atoms with van der Waals surface area (Å²) in [6.07, 6.45) is 0.241. The van der Waals surface area contributed by atoms with Gasteiger partial charge in [-0.25, -0.2) is 0 Å². The van der Waals surface area contributed by atoms with Crippen molar-refractivity contribution < 1.29 is 44.3 Å². The first-order valence-corrected chi connectivity index (χ1v) is 14.3. The molecular formula is C33H36N2O9. The van der Waals surface area contributed by atoms with E-state index in [1.54, 1.807) is 53.1 Å². The molecule has 0 bridgehead atoms. The molecule has 0 aliphatic heterocycles. The number of ketones is 2. The van der Waals surface area contributed by atoms with Gasteiger partial charge in [0, 0.05) is 11.5 Å². The molecule has 3 aliphatic rings. The normalized spacial score (nSPS) is 25.0. The highest BCUT2D eigenvalue weighted by Gasteiger charge is 2.64. The van der Waals surface area contributed by atoms with Crippen molar-refractivity contribution in [1.82, 2.24) is 4.90 Å². The number of Topliss-reactive ketones (excluding diaryl/α,β-unsaturated/α-hetero) is 2. The smallest absolute Gasteiger partial charge is 0.310 e. The van der Waals surface area contributed by atoms with E-state index in [0.29, 0.717) is 11.1 Å². The lowest BCUT2D eigenvalue weighted by Crippen LogP contribution is -2.65. The number of likely N-dealkylation sites (N-methyl/N-ethyl adjacent to an activating group) is 1. The molecule has 4 atom stereocenters. The largest absolute Gasteiger partial charge is 0.508 e. The van der Waals surface area contributed by atoms with Crippen LogP contribution in [0.4, 0.5) is 0 Å². The molecule has 0 aromatic heterocycles. The number of phenols is 1. The summed E-state index contributed by atoms with van der Waals surface area (Å²) >= 11 is 0. The van der Waals surface area contributed by atoms with E-state index in [-0.39, 0.29) is 42.1 Å². The molecule has 2 aromatic carbocycles. The monoisotopic (exact) mass is 604 g/mol. The molecule has 0 radical (unpaired) electrons. The Morgan fingerprint density at radius 1 is 1.05 bits per heavy atom. The molecular weight excluding hydrogens is 568 g/mol. The summed E-state index contributed by atoms with van der Waals surface area (Å²) in [7, 11) is 3.10. The number of benzene rings is 2. The quantitative estimate of drug-likeness (QED) is 0.251. The Bertz CT molecular complexity index is 1660. The fraction of sp³-hybridized carbons (Fsp3) is 0.394. The number of hydrogen-bond acceptors (Lipinski definition) is 10. The van der Waals surface area contributed by atoms with Gasteiger partial charge in [0.05, 0.1) is 18.0 Å². The maximum atomic E-state index is 14.0. The Hall–Kier alpha value is -4.48. The zero-order valence-corrected chi connectivity index (χ0v) is 25.2. The minimum absolute atomic E-state index is 0.00428. The van der Waals surface area contributed by atoms with Crippen LogP contribution in [0.5, 0.6) is 5.75 Å². The van der Waals surface area contributed by atoms with Gasteiger partial charge in [0.1, 0.15) is 28.4 Å². The van der Waals surface area contributed by atoms with Crippen LogP contribution >= 0.6 is 0 Å². The molecule has 11 nitrogen and oxygen atoms in total. The second-order valence-corrected chi connectivity index (χ2v) is 12.9. The number of primary amides is 1. The number of phenolic OH excluding ortho intramolecular Hbond substituents is 1. The van der Waals surface area contributed by atoms with Crippen molar-refractivity contribution >= 4 is 29.2 Å². The molecule has 1 amide bonds. The highest BCUT2D eigenvalue weighted by molar-refractivity contribution is 6.24. The first-order valence-electron chi connectivity index (χ1n) is 14.3. The third kappa shape index (κ3) is 4.86. The molecule has 0 saturated heterocycles. The van der Waals surface area contributed by atoms with Gasteiger partial charge in [-0.3, -0.25) is 24.1 Å². The number of hydrogen-bond donors (Lipinski definition) is 5. The van der Waals surface area contributed by atoms with Crippen LogP contribution in [0.2, 0.25) is 0 Å². The van der Waals surface area contributed by atoms with Crippen LogP contribution in [0.1, 0.15) is 43.9 Å². The van der Waals surface area contributed by atoms with Crippen molar-refractivity contribution in [3.05, 3.63) is 70.0 Å². The van der Waals surface area contributed by atoms with Gasteiger partial charge < -0.3 is 30.9 Å². The Kier molecular flexibility index (Phi) is 7.46. The molecule has 0 unspecified atom stereocenters. The van der Waals surface area contributed by atoms with Crippen molar-refractivity contribution in [2.45, 2.75) is 57.3 Å². The predicted octanol–water partition coefficient (Wildman–Crippen LogP) is 2.52. The van der Waals surface area contributed by atoms with Gasteiger partial charge in [-0.1, -0.05) is 30.3 Å². The van der Waals surface area contributed by atoms with Crippen LogP contribution in [0, 0.1) is 11.8 Å². The molecule has 1 saturated carbocycles. The van der Waals surface area contributed by atoms with Crippen molar-refractivity contribution in [2.75, 3.05) is 14.1 Å². The minimum atomic E-state index is -2.69. The summed E-state index contributed by atoms with van der Waals surface area (Å²) < 4.78 is 5.40. The molecule has 11 heteroatoms. The van der Waals surface area contributed by atoms with Crippen LogP contribution in [0.3, 0.4) is 0 Å². The number of carbonyl (C=O) groups excluding carboxylic acids is 4. The van der Waals surface area contributed by atoms with E-state index in [4.69, 9.17) is 10.5 Å². The van der Waals surface area contributed by atoms with E-state index in [1.165, 1.54) is 11.0 Å². The number of aromatic hydroxyl groups is 1. The summed E-state index contributed by atoms with van der Waals surface area (Å²) in [5, 5.41) is 45.0. The third-order valence-electron chi connectivity index (χ3n) is 8.64. The average molecular weight is 605 g/mol. The predicted molar refractivity (Wildman–Crippen MR) is 159 cm³/mol. The Balaban J connectivity index is 1.58. The van der Waals surface area contributed by atoms with E-state index in [1.807, 2.05) is 12.1 Å². The zero-order valence-electron chi connectivity index (χ0n) is 25.2. The Labute approximate surface area is 254 Å². The fourth-order valence-electron chi connectivity index (χ4n) is 6.86. The number of ether oxygens (including phenoxy) is 1. The molecule has 5 rings (SSSR count). The molecule has 6 N–H and O–H groups in total. The lowest BCUT2D eigenvalue weighted by Gasteiger charge is -2.50. The summed E-state index contributed by atoms with van der Waals surface area (Å²) in [6.45, 7) is 5.38. The molecule has 44 heavy (non-hydrogen) atoms. The van der Waals surface area contributed by atoms with Crippen LogP contribution in [0.15, 0.2) is 53.3 Å². The standard InChI is InChI=1S/C33H36N2O9/c1-32(2,3)44-22(37)12-15-6-8-16(9-7-15)18-10-11-21(36)24-19(18)13-17-14-20-26(35(4)5)28(39)25(31(34)42)30(41)33(20,43)29(40)23(17)27(24)38/h6-11,17,20,26,36,38,41,43H,12-14H2,1-5H3,(H2,34,42)/t17-,20-,26-,33-/m1/s1. The maximum Gasteiger partial charge on any atom is 0.310 e. The molecule has 0 spiro atoms. The van der Waals surface area contributed by atoms with E-state index >= 15 is 0 Å². The molecule has 0 heterocycles. The zero-order chi connectivity index (χ0) is 32.5. The second kappa shape index (κ2) is 10.6. The number of esters is 1. The summed E-state index contributed by atoms with van der Waals surface area (Å²) in [5.74, 6) is -7.34. The first-order chi connectivity index (χ1) is 20.5. The number of rotatable bonds is 5. The summed E-state index contributed by atoms with van der Waals surface area (Å²) in [6, 6.07) is 9.10. The summed E-state index contributed by atoms with van der Waals surface area (Å²) in [5.41, 5.74) is 3.70. The molecule has 3 aliphatic carbocycles. The number of nitrogens with zero attached hydrogens (tertiary/aromatic N) is 1. The van der Waals surface area contributed by atoms with Crippen molar-refractivity contribution in [1.29, 1.82) is 0 Å². The average Bonchev–Trinajstić information content (AvgIpc) is 2.90. The number of carbonyl (C=O) groups is 4. The lowest BCUT2D eigenvalue weighted by molar-refractivity contribution is -0.155. The van der Waals surface area contributed by atoms with Crippen LogP contribution < -0.4 is 5.73 Å². The van der Waals surface area contributed by atoms with Crippen LogP contribution in [-0.4, -0.2) is 80.1 Å². The SMILES string of the molecule is CN(C)[C@H]1C(=O)C(C(N)=O)=C(O)[C@]2(O)C(=O)C3=C(O)c4c(O)ccc(-c5ccc(CC(=O)OC(C)(C)C)cc5)c4C[C@@H]3C[C@H]12. The van der Waals surface area contributed by atoms with Crippen molar-refractivity contribution in [3.8, 4) is 16.9 Å². The van der Waals surface area contributed by atoms with E-state index in [9.17, 15) is 39.6 Å². The third-order valence-corrected chi connectivity index (χ3v) is 8.64. The number of nitrogens with two attached hydrogens (primary N) is 1. The fourth-order valence-corrected chi connectivity index (χ4v) is 6.86. The summed E-state index contributed by atoms with van der Waals surface area (Å²) in [4.78, 5) is 53.2. The van der Waals surface area contributed by atoms with Gasteiger partial charge in [-0.05, 0) is 81.9 Å². The van der Waals surface area contributed by atoms with Crippen LogP contribution in [-0.2, 0) is 36.8 Å². The Morgan fingerprint density at radius 3 is 2.25 bits per heavy atom. The maximum absolute atomic E-state index is 14.0. The number of aliphatic hydroxyl groups excluding tert-OH is 2. The van der Waals surface area contributed by atoms with Gasteiger partial charge in [0.2, 0.25) is 5.78 Å². The highest BCUT2D eigenvalue weighted by Crippen LogP contribution is 2.53. The second-order valence-electron chi connectivity index (χ2n) is 12.9. The first kappa shape index (κ1) is 31.0. The van der Waals surface area contributed by atoms with Gasteiger partial charge in [-0.2, -0.15) is 0 Å². The van der Waals surface area contributed by atoms with Crippen molar-refractivity contribution in [3.63, 3.8) is 0 Å². The van der Waals surface area contributed by atoms with E-state index < -0.39 is 63.6 Å². The molecule has 232 valence electrons. The van der Waals surface area contributed by atoms with Gasteiger partial charge >= 0.3 is 5.97 Å². The molecule has 1 fully saturated rings. The number of aliphatic hydroxyl groups is 3. The van der Waals surface area contributed by atoms with Crippen LogP contribution in [0.25, 0.3) is 16.9 Å². The van der Waals surface area contributed by atoms with Gasteiger partial charge in [-0.15, -0.1) is 0 Å². The van der Waals surface area contributed by atoms with Crippen molar-refractivity contribution in [2.24, 2.45) is 17.6 Å². The van der Waals surface area contributed by atoms with E-state index in [0.717, 1.165) is 11.1 Å². The minimum Gasteiger partial charge on any atom is -0.508 e. The van der Waals surface area contributed by atoms with Gasteiger partial charge in [0.25, 0.3) is 5.91 Å². The number of fused-ring (bicyclic) bond motifs is 3. The lowest BCUT2D eigenvalue weighted by atomic mass is 9.57. The number of amides is 1. The van der Waals surface area contributed by atoms with E-state index in [2.05, 4.69) is 0 Å². The Morgan fingerprint density at radius 2 is 1.68 bits per heavy atom. The highest BCUT2D eigenvalue weighted by atomic mass is 16.6. The van der Waals surface area contributed by atoms with Gasteiger partial charge in [0.15, 0.2) is 11.4 Å². The topological polar surface area (TPSA) is 188 Å².